The summed E-state index contributed by atoms with van der Waals surface area (Å²) >= 11 is 0. The molecule has 0 atom stereocenters. The molecule has 0 fully saturated rings. The maximum atomic E-state index is 4.98. The van der Waals surface area contributed by atoms with Crippen LogP contribution in [0.5, 0.6) is 0 Å². The van der Waals surface area contributed by atoms with Crippen molar-refractivity contribution in [2.24, 2.45) is 0 Å². The summed E-state index contributed by atoms with van der Waals surface area (Å²) in [5.41, 5.74) is 6.35. The number of hydrogen-bond acceptors (Lipinski definition) is 3. The minimum absolute atomic E-state index is 0.662. The first-order chi connectivity index (χ1) is 21.2. The lowest BCUT2D eigenvalue weighted by Crippen LogP contribution is -2.00. The number of aryl methyl sites for hydroxylation is 1. The molecule has 0 bridgehead atoms. The predicted octanol–water partition coefficient (Wildman–Crippen LogP) is 10.3. The molecular formula is C40H27N3. The lowest BCUT2D eigenvalue weighted by Gasteiger charge is -2.13. The number of benzene rings is 7. The molecule has 0 spiro atoms. The van der Waals surface area contributed by atoms with E-state index in [9.17, 15) is 0 Å². The zero-order valence-corrected chi connectivity index (χ0v) is 23.7. The summed E-state index contributed by atoms with van der Waals surface area (Å²) in [4.78, 5) is 14.8. The van der Waals surface area contributed by atoms with Crippen LogP contribution in [0, 0.1) is 6.92 Å². The van der Waals surface area contributed by atoms with Gasteiger partial charge in [0.2, 0.25) is 0 Å². The van der Waals surface area contributed by atoms with Crippen LogP contribution in [0.2, 0.25) is 0 Å². The van der Waals surface area contributed by atoms with E-state index in [-0.39, 0.29) is 0 Å². The zero-order valence-electron chi connectivity index (χ0n) is 23.7. The van der Waals surface area contributed by atoms with Gasteiger partial charge < -0.3 is 0 Å². The fourth-order valence-corrected chi connectivity index (χ4v) is 6.10. The Balaban J connectivity index is 1.32. The summed E-state index contributed by atoms with van der Waals surface area (Å²) in [5.74, 6) is 1.99. The summed E-state index contributed by atoms with van der Waals surface area (Å²) in [6.07, 6.45) is 0. The Hall–Kier alpha value is -5.67. The minimum atomic E-state index is 0.662. The predicted molar refractivity (Wildman–Crippen MR) is 179 cm³/mol. The van der Waals surface area contributed by atoms with Crippen LogP contribution in [0.3, 0.4) is 0 Å². The fraction of sp³-hybridized carbons (Fsp3) is 0.0250. The van der Waals surface area contributed by atoms with Crippen LogP contribution in [0.4, 0.5) is 0 Å². The SMILES string of the molecule is Cc1cc(-c2ccc3c4ccccc4c4ccccc4c3c2)cc(-c2nc(-c3ccccc3)nc(-c3ccccc3)n2)c1. The summed E-state index contributed by atoms with van der Waals surface area (Å²) in [6, 6.07) is 51.1. The molecule has 8 rings (SSSR count). The summed E-state index contributed by atoms with van der Waals surface area (Å²) in [5, 5.41) is 7.63. The number of rotatable bonds is 4. The first-order valence-electron chi connectivity index (χ1n) is 14.5. The third kappa shape index (κ3) is 4.52. The van der Waals surface area contributed by atoms with Gasteiger partial charge in [-0.1, -0.05) is 127 Å². The molecule has 0 amide bonds. The van der Waals surface area contributed by atoms with Crippen molar-refractivity contribution in [1.29, 1.82) is 0 Å². The van der Waals surface area contributed by atoms with E-state index < -0.39 is 0 Å². The van der Waals surface area contributed by atoms with Crippen LogP contribution in [-0.4, -0.2) is 15.0 Å². The third-order valence-electron chi connectivity index (χ3n) is 8.11. The van der Waals surface area contributed by atoms with E-state index in [1.54, 1.807) is 0 Å². The Kier molecular flexibility index (Phi) is 6.01. The van der Waals surface area contributed by atoms with Crippen LogP contribution in [0.15, 0.2) is 146 Å². The Bertz CT molecular complexity index is 2200. The lowest BCUT2D eigenvalue weighted by molar-refractivity contribution is 1.07. The Morgan fingerprint density at radius 3 is 1.26 bits per heavy atom. The van der Waals surface area contributed by atoms with E-state index in [0.717, 1.165) is 27.8 Å². The lowest BCUT2D eigenvalue weighted by atomic mass is 9.91. The zero-order chi connectivity index (χ0) is 28.8. The van der Waals surface area contributed by atoms with Gasteiger partial charge in [0.15, 0.2) is 17.5 Å². The van der Waals surface area contributed by atoms with Crippen LogP contribution >= 0.6 is 0 Å². The highest BCUT2D eigenvalue weighted by Crippen LogP contribution is 2.38. The molecule has 0 aliphatic heterocycles. The molecule has 3 nitrogen and oxygen atoms in total. The fourth-order valence-electron chi connectivity index (χ4n) is 6.10. The standard InChI is InChI=1S/C40H27N3/c1-26-22-30(29-20-21-36-34-18-9-8-16-32(34)33-17-10-11-19-35(33)37(36)25-29)24-31(23-26)40-42-38(27-12-4-2-5-13-27)41-39(43-40)28-14-6-3-7-15-28/h2-25H,1H3. The van der Waals surface area contributed by atoms with Gasteiger partial charge in [0.05, 0.1) is 0 Å². The average molecular weight is 550 g/mol. The molecule has 0 saturated carbocycles. The van der Waals surface area contributed by atoms with Crippen molar-refractivity contribution < 1.29 is 0 Å². The van der Waals surface area contributed by atoms with Crippen molar-refractivity contribution in [3.05, 3.63) is 151 Å². The highest BCUT2D eigenvalue weighted by Gasteiger charge is 2.14. The normalized spacial score (nSPS) is 11.4. The molecule has 0 aliphatic rings. The second kappa shape index (κ2) is 10.3. The van der Waals surface area contributed by atoms with Crippen LogP contribution in [0.1, 0.15) is 5.56 Å². The number of aromatic nitrogens is 3. The molecule has 0 N–H and O–H groups in total. The number of fused-ring (bicyclic) bond motifs is 6. The highest BCUT2D eigenvalue weighted by atomic mass is 15.0. The first-order valence-corrected chi connectivity index (χ1v) is 14.5. The molecule has 7 aromatic carbocycles. The minimum Gasteiger partial charge on any atom is -0.208 e. The van der Waals surface area contributed by atoms with Crippen molar-refractivity contribution in [2.45, 2.75) is 6.92 Å². The van der Waals surface area contributed by atoms with E-state index in [4.69, 9.17) is 15.0 Å². The van der Waals surface area contributed by atoms with E-state index in [0.29, 0.717) is 17.5 Å². The second-order valence-corrected chi connectivity index (χ2v) is 11.0. The van der Waals surface area contributed by atoms with Crippen molar-refractivity contribution in [3.8, 4) is 45.3 Å². The molecule has 8 aromatic rings. The van der Waals surface area contributed by atoms with Gasteiger partial charge in [-0.15, -0.1) is 0 Å². The number of hydrogen-bond donors (Lipinski definition) is 0. The van der Waals surface area contributed by atoms with Gasteiger partial charge in [-0.2, -0.15) is 0 Å². The topological polar surface area (TPSA) is 38.7 Å². The van der Waals surface area contributed by atoms with Gasteiger partial charge in [-0.3, -0.25) is 0 Å². The van der Waals surface area contributed by atoms with Crippen molar-refractivity contribution in [1.82, 2.24) is 15.0 Å². The second-order valence-electron chi connectivity index (χ2n) is 11.0. The monoisotopic (exact) mass is 549 g/mol. The Morgan fingerprint density at radius 2 is 0.721 bits per heavy atom. The molecule has 1 aromatic heterocycles. The smallest absolute Gasteiger partial charge is 0.164 e. The Labute approximate surface area is 250 Å². The van der Waals surface area contributed by atoms with Gasteiger partial charge in [0.1, 0.15) is 0 Å². The molecule has 0 saturated heterocycles. The van der Waals surface area contributed by atoms with E-state index in [1.165, 1.54) is 37.9 Å². The van der Waals surface area contributed by atoms with Gasteiger partial charge in [0.25, 0.3) is 0 Å². The maximum Gasteiger partial charge on any atom is 0.164 e. The average Bonchev–Trinajstić information content (AvgIpc) is 3.08. The largest absolute Gasteiger partial charge is 0.208 e. The van der Waals surface area contributed by atoms with Crippen molar-refractivity contribution in [3.63, 3.8) is 0 Å². The van der Waals surface area contributed by atoms with E-state index >= 15 is 0 Å². The molecule has 0 unspecified atom stereocenters. The maximum absolute atomic E-state index is 4.98. The molecule has 3 heteroatoms. The number of nitrogens with zero attached hydrogens (tertiary/aromatic N) is 3. The van der Waals surface area contributed by atoms with E-state index in [1.807, 2.05) is 60.7 Å². The first kappa shape index (κ1) is 25.1. The van der Waals surface area contributed by atoms with Gasteiger partial charge in [-0.05, 0) is 74.1 Å². The molecule has 43 heavy (non-hydrogen) atoms. The molecule has 202 valence electrons. The van der Waals surface area contributed by atoms with Crippen LogP contribution < -0.4 is 0 Å². The summed E-state index contributed by atoms with van der Waals surface area (Å²) < 4.78 is 0. The van der Waals surface area contributed by atoms with Crippen molar-refractivity contribution in [2.75, 3.05) is 0 Å². The molecule has 0 radical (unpaired) electrons. The molecule has 1 heterocycles. The molecule has 0 aliphatic carbocycles. The summed E-state index contributed by atoms with van der Waals surface area (Å²) in [7, 11) is 0. The third-order valence-corrected chi connectivity index (χ3v) is 8.11. The van der Waals surface area contributed by atoms with Gasteiger partial charge >= 0.3 is 0 Å². The Morgan fingerprint density at radius 1 is 0.302 bits per heavy atom. The highest BCUT2D eigenvalue weighted by molar-refractivity contribution is 6.25. The quantitative estimate of drug-likeness (QED) is 0.205. The van der Waals surface area contributed by atoms with Crippen molar-refractivity contribution >= 4 is 32.3 Å². The van der Waals surface area contributed by atoms with Gasteiger partial charge in [0, 0.05) is 16.7 Å². The van der Waals surface area contributed by atoms with Gasteiger partial charge in [-0.25, -0.2) is 15.0 Å². The van der Waals surface area contributed by atoms with Crippen LogP contribution in [-0.2, 0) is 0 Å². The summed E-state index contributed by atoms with van der Waals surface area (Å²) in [6.45, 7) is 2.13. The van der Waals surface area contributed by atoms with Crippen LogP contribution in [0.25, 0.3) is 77.6 Å². The molecular weight excluding hydrogens is 522 g/mol. The van der Waals surface area contributed by atoms with E-state index in [2.05, 4.69) is 91.9 Å².